The second-order valence-corrected chi connectivity index (χ2v) is 9.31. The minimum Gasteiger partial charge on any atom is -0.489 e. The standard InChI is InChI=1S/C30H35N3O4/c34-28(30(18-8-3-9-19-30)33-29(35)37-23-25-12-6-2-7-13-25)32-21-20-31-26-14-16-27(17-15-26)36-22-24-10-4-1-5-11-24/h1-2,4-7,10-17,31H,3,8-9,18-23H2,(H,32,34)(H,33,35). The Balaban J connectivity index is 1.21. The maximum atomic E-state index is 13.1. The summed E-state index contributed by atoms with van der Waals surface area (Å²) in [4.78, 5) is 25.7. The number of alkyl carbamates (subject to hydrolysis) is 1. The number of ether oxygens (including phenoxy) is 2. The van der Waals surface area contributed by atoms with Gasteiger partial charge >= 0.3 is 6.09 Å². The molecule has 2 amide bonds. The van der Waals surface area contributed by atoms with Gasteiger partial charge in [-0.05, 0) is 48.2 Å². The lowest BCUT2D eigenvalue weighted by Gasteiger charge is -2.36. The van der Waals surface area contributed by atoms with E-state index in [1.807, 2.05) is 84.9 Å². The van der Waals surface area contributed by atoms with Crippen molar-refractivity contribution in [1.82, 2.24) is 10.6 Å². The molecular formula is C30H35N3O4. The lowest BCUT2D eigenvalue weighted by Crippen LogP contribution is -2.60. The molecule has 4 rings (SSSR count). The first-order valence-electron chi connectivity index (χ1n) is 12.9. The number of nitrogens with one attached hydrogen (secondary N) is 3. The van der Waals surface area contributed by atoms with E-state index < -0.39 is 11.6 Å². The molecule has 37 heavy (non-hydrogen) atoms. The van der Waals surface area contributed by atoms with Crippen LogP contribution in [0.25, 0.3) is 0 Å². The highest BCUT2D eigenvalue weighted by Crippen LogP contribution is 2.28. The van der Waals surface area contributed by atoms with Crippen molar-refractivity contribution in [3.05, 3.63) is 96.1 Å². The fraction of sp³-hybridized carbons (Fsp3) is 0.333. The molecule has 1 fully saturated rings. The van der Waals surface area contributed by atoms with E-state index in [0.29, 0.717) is 32.5 Å². The highest BCUT2D eigenvalue weighted by molar-refractivity contribution is 5.90. The van der Waals surface area contributed by atoms with Gasteiger partial charge in [-0.15, -0.1) is 0 Å². The van der Waals surface area contributed by atoms with Gasteiger partial charge in [-0.2, -0.15) is 0 Å². The summed E-state index contributed by atoms with van der Waals surface area (Å²) < 4.78 is 11.2. The molecule has 1 saturated carbocycles. The quantitative estimate of drug-likeness (QED) is 0.305. The smallest absolute Gasteiger partial charge is 0.408 e. The Hall–Kier alpha value is -4.00. The van der Waals surface area contributed by atoms with Crippen molar-refractivity contribution in [3.63, 3.8) is 0 Å². The van der Waals surface area contributed by atoms with Gasteiger partial charge in [-0.3, -0.25) is 4.79 Å². The van der Waals surface area contributed by atoms with E-state index in [1.54, 1.807) is 0 Å². The van der Waals surface area contributed by atoms with E-state index in [4.69, 9.17) is 9.47 Å². The SMILES string of the molecule is O=C(NC1(C(=O)NCCNc2ccc(OCc3ccccc3)cc2)CCCCC1)OCc1ccccc1. The van der Waals surface area contributed by atoms with E-state index in [-0.39, 0.29) is 12.5 Å². The number of amides is 2. The van der Waals surface area contributed by atoms with E-state index >= 15 is 0 Å². The zero-order chi connectivity index (χ0) is 25.8. The first kappa shape index (κ1) is 26.1. The molecule has 3 aromatic carbocycles. The molecule has 1 aliphatic carbocycles. The minimum atomic E-state index is -0.927. The van der Waals surface area contributed by atoms with Crippen LogP contribution in [0.5, 0.6) is 5.75 Å². The Labute approximate surface area is 218 Å². The molecule has 0 aromatic heterocycles. The van der Waals surface area contributed by atoms with Gasteiger partial charge in [0.15, 0.2) is 0 Å². The monoisotopic (exact) mass is 501 g/mol. The second kappa shape index (κ2) is 13.3. The van der Waals surface area contributed by atoms with Crippen LogP contribution in [-0.2, 0) is 22.7 Å². The summed E-state index contributed by atoms with van der Waals surface area (Å²) in [7, 11) is 0. The molecule has 0 bridgehead atoms. The Morgan fingerprint density at radius 1 is 0.730 bits per heavy atom. The molecule has 0 heterocycles. The molecule has 0 atom stereocenters. The van der Waals surface area contributed by atoms with Gasteiger partial charge in [0.2, 0.25) is 5.91 Å². The largest absolute Gasteiger partial charge is 0.489 e. The predicted octanol–water partition coefficient (Wildman–Crippen LogP) is 5.42. The Bertz CT molecular complexity index is 1110. The summed E-state index contributed by atoms with van der Waals surface area (Å²) in [5.41, 5.74) is 2.04. The van der Waals surface area contributed by atoms with E-state index in [2.05, 4.69) is 16.0 Å². The highest BCUT2D eigenvalue weighted by atomic mass is 16.5. The van der Waals surface area contributed by atoms with Crippen LogP contribution in [0.2, 0.25) is 0 Å². The molecule has 0 spiro atoms. The highest BCUT2D eigenvalue weighted by Gasteiger charge is 2.41. The molecule has 0 radical (unpaired) electrons. The fourth-order valence-corrected chi connectivity index (χ4v) is 4.48. The lowest BCUT2D eigenvalue weighted by atomic mass is 9.81. The van der Waals surface area contributed by atoms with Crippen LogP contribution in [0.4, 0.5) is 10.5 Å². The first-order valence-corrected chi connectivity index (χ1v) is 12.9. The van der Waals surface area contributed by atoms with Crippen molar-refractivity contribution in [2.45, 2.75) is 50.9 Å². The van der Waals surface area contributed by atoms with Crippen molar-refractivity contribution < 1.29 is 19.1 Å². The maximum Gasteiger partial charge on any atom is 0.408 e. The normalized spacial score (nSPS) is 14.3. The summed E-state index contributed by atoms with van der Waals surface area (Å²) in [6.07, 6.45) is 3.50. The topological polar surface area (TPSA) is 88.7 Å². The van der Waals surface area contributed by atoms with Gasteiger partial charge in [0.1, 0.15) is 24.5 Å². The number of hydrogen-bond donors (Lipinski definition) is 3. The van der Waals surface area contributed by atoms with Crippen LogP contribution in [0.3, 0.4) is 0 Å². The Morgan fingerprint density at radius 3 is 2.00 bits per heavy atom. The number of hydrogen-bond acceptors (Lipinski definition) is 5. The molecule has 7 heteroatoms. The Kier molecular flexibility index (Phi) is 9.41. The number of carbonyl (C=O) groups excluding carboxylic acids is 2. The summed E-state index contributed by atoms with van der Waals surface area (Å²) in [5.74, 6) is 0.641. The maximum absolute atomic E-state index is 13.1. The third kappa shape index (κ3) is 8.00. The number of carbonyl (C=O) groups is 2. The van der Waals surface area contributed by atoms with Crippen LogP contribution in [-0.4, -0.2) is 30.6 Å². The van der Waals surface area contributed by atoms with E-state index in [1.165, 1.54) is 0 Å². The summed E-state index contributed by atoms with van der Waals surface area (Å²) >= 11 is 0. The zero-order valence-electron chi connectivity index (χ0n) is 21.1. The van der Waals surface area contributed by atoms with Crippen molar-refractivity contribution in [2.24, 2.45) is 0 Å². The zero-order valence-corrected chi connectivity index (χ0v) is 21.1. The van der Waals surface area contributed by atoms with Crippen molar-refractivity contribution in [3.8, 4) is 5.75 Å². The van der Waals surface area contributed by atoms with Crippen molar-refractivity contribution in [1.29, 1.82) is 0 Å². The van der Waals surface area contributed by atoms with Crippen LogP contribution >= 0.6 is 0 Å². The Morgan fingerprint density at radius 2 is 1.35 bits per heavy atom. The molecular weight excluding hydrogens is 466 g/mol. The van der Waals surface area contributed by atoms with Crippen LogP contribution in [0.1, 0.15) is 43.2 Å². The molecule has 0 saturated heterocycles. The summed E-state index contributed by atoms with van der Waals surface area (Å²) in [5, 5.41) is 9.19. The second-order valence-electron chi connectivity index (χ2n) is 9.31. The van der Waals surface area contributed by atoms with Gasteiger partial charge in [0, 0.05) is 18.8 Å². The third-order valence-electron chi connectivity index (χ3n) is 6.54. The summed E-state index contributed by atoms with van der Waals surface area (Å²) in [6, 6.07) is 27.3. The lowest BCUT2D eigenvalue weighted by molar-refractivity contribution is -0.128. The number of rotatable bonds is 11. The average Bonchev–Trinajstić information content (AvgIpc) is 2.95. The van der Waals surface area contributed by atoms with Crippen LogP contribution < -0.4 is 20.7 Å². The van der Waals surface area contributed by atoms with Gasteiger partial charge in [-0.1, -0.05) is 79.9 Å². The van der Waals surface area contributed by atoms with Gasteiger partial charge < -0.3 is 25.4 Å². The minimum absolute atomic E-state index is 0.157. The van der Waals surface area contributed by atoms with Crippen LogP contribution in [0.15, 0.2) is 84.9 Å². The molecule has 1 aliphatic rings. The molecule has 7 nitrogen and oxygen atoms in total. The van der Waals surface area contributed by atoms with Crippen LogP contribution in [0, 0.1) is 0 Å². The van der Waals surface area contributed by atoms with E-state index in [0.717, 1.165) is 41.8 Å². The molecule has 0 aliphatic heterocycles. The molecule has 3 N–H and O–H groups in total. The first-order chi connectivity index (χ1) is 18.1. The van der Waals surface area contributed by atoms with E-state index in [9.17, 15) is 9.59 Å². The molecule has 194 valence electrons. The van der Waals surface area contributed by atoms with Gasteiger partial charge in [0.05, 0.1) is 0 Å². The number of benzene rings is 3. The number of anilines is 1. The van der Waals surface area contributed by atoms with Crippen molar-refractivity contribution >= 4 is 17.7 Å². The molecule has 0 unspecified atom stereocenters. The van der Waals surface area contributed by atoms with Crippen molar-refractivity contribution in [2.75, 3.05) is 18.4 Å². The predicted molar refractivity (Wildman–Crippen MR) is 144 cm³/mol. The fourth-order valence-electron chi connectivity index (χ4n) is 4.48. The van der Waals surface area contributed by atoms with Gasteiger partial charge in [0.25, 0.3) is 0 Å². The summed E-state index contributed by atoms with van der Waals surface area (Å²) in [6.45, 7) is 1.69. The average molecular weight is 502 g/mol. The van der Waals surface area contributed by atoms with Gasteiger partial charge in [-0.25, -0.2) is 4.79 Å². The molecule has 3 aromatic rings. The third-order valence-corrected chi connectivity index (χ3v) is 6.54.